The number of hydrogen-bond donors (Lipinski definition) is 1. The smallest absolute Gasteiger partial charge is 0.203 e. The first-order valence-corrected chi connectivity index (χ1v) is 7.15. The summed E-state index contributed by atoms with van der Waals surface area (Å²) >= 11 is 0. The fraction of sp³-hybridized carbons (Fsp3) is 0.375. The minimum atomic E-state index is 0.557. The fourth-order valence-electron chi connectivity index (χ4n) is 2.23. The molecule has 2 aromatic rings. The van der Waals surface area contributed by atoms with Crippen molar-refractivity contribution < 1.29 is 14.2 Å². The number of hydrogen-bond acceptors (Lipinski definition) is 6. The number of ether oxygens (including phenoxy) is 3. The van der Waals surface area contributed by atoms with Gasteiger partial charge in [0.1, 0.15) is 5.82 Å². The molecule has 1 saturated carbocycles. The summed E-state index contributed by atoms with van der Waals surface area (Å²) < 4.78 is 16.0. The lowest BCUT2D eigenvalue weighted by Crippen LogP contribution is -2.04. The molecule has 1 fully saturated rings. The Hall–Kier alpha value is -2.50. The second-order valence-corrected chi connectivity index (χ2v) is 5.14. The molecular weight excluding hydrogens is 282 g/mol. The van der Waals surface area contributed by atoms with Gasteiger partial charge in [-0.05, 0) is 37.1 Å². The molecule has 1 heterocycles. The number of methoxy groups -OCH3 is 3. The van der Waals surface area contributed by atoms with Crippen molar-refractivity contribution in [3.05, 3.63) is 24.3 Å². The van der Waals surface area contributed by atoms with Crippen molar-refractivity contribution >= 4 is 5.82 Å². The summed E-state index contributed by atoms with van der Waals surface area (Å²) in [6.45, 7) is 0. The lowest BCUT2D eigenvalue weighted by Gasteiger charge is -2.13. The quantitative estimate of drug-likeness (QED) is 0.885. The molecule has 22 heavy (non-hydrogen) atoms. The van der Waals surface area contributed by atoms with E-state index in [0.29, 0.717) is 23.3 Å². The molecule has 1 aliphatic carbocycles. The minimum Gasteiger partial charge on any atom is -0.493 e. The van der Waals surface area contributed by atoms with E-state index in [1.165, 1.54) is 12.8 Å². The van der Waals surface area contributed by atoms with Crippen molar-refractivity contribution in [2.45, 2.75) is 18.9 Å². The van der Waals surface area contributed by atoms with E-state index < -0.39 is 0 Å². The Morgan fingerprint density at radius 2 is 1.64 bits per heavy atom. The molecule has 1 aliphatic rings. The van der Waals surface area contributed by atoms with Crippen LogP contribution in [0.15, 0.2) is 24.3 Å². The highest BCUT2D eigenvalue weighted by Crippen LogP contribution is 2.40. The van der Waals surface area contributed by atoms with Gasteiger partial charge in [-0.25, -0.2) is 0 Å². The van der Waals surface area contributed by atoms with Gasteiger partial charge < -0.3 is 19.5 Å². The van der Waals surface area contributed by atoms with E-state index >= 15 is 0 Å². The van der Waals surface area contributed by atoms with E-state index in [-0.39, 0.29) is 0 Å². The molecule has 1 aromatic heterocycles. The molecule has 1 N–H and O–H groups in total. The Morgan fingerprint density at radius 1 is 0.955 bits per heavy atom. The van der Waals surface area contributed by atoms with Gasteiger partial charge >= 0.3 is 0 Å². The van der Waals surface area contributed by atoms with Gasteiger partial charge in [-0.2, -0.15) is 0 Å². The van der Waals surface area contributed by atoms with Crippen molar-refractivity contribution in [1.82, 2.24) is 10.2 Å². The van der Waals surface area contributed by atoms with E-state index in [1.54, 1.807) is 21.3 Å². The lowest BCUT2D eigenvalue weighted by molar-refractivity contribution is 0.324. The number of nitrogens with one attached hydrogen (secondary N) is 1. The first-order valence-electron chi connectivity index (χ1n) is 7.15. The average Bonchev–Trinajstić information content (AvgIpc) is 3.38. The number of rotatable bonds is 6. The third-order valence-corrected chi connectivity index (χ3v) is 3.55. The zero-order valence-electron chi connectivity index (χ0n) is 12.9. The molecule has 0 aliphatic heterocycles. The Balaban J connectivity index is 1.92. The summed E-state index contributed by atoms with van der Waals surface area (Å²) in [6, 6.07) is 8.14. The van der Waals surface area contributed by atoms with E-state index in [1.807, 2.05) is 24.3 Å². The lowest BCUT2D eigenvalue weighted by atomic mass is 10.1. The highest BCUT2D eigenvalue weighted by molar-refractivity contribution is 5.68. The second kappa shape index (κ2) is 6.09. The maximum atomic E-state index is 5.36. The molecule has 0 amide bonds. The maximum Gasteiger partial charge on any atom is 0.203 e. The van der Waals surface area contributed by atoms with Gasteiger partial charge in [-0.15, -0.1) is 10.2 Å². The van der Waals surface area contributed by atoms with Crippen molar-refractivity contribution in [2.75, 3.05) is 26.6 Å². The molecule has 6 nitrogen and oxygen atoms in total. The predicted molar refractivity (Wildman–Crippen MR) is 83.8 cm³/mol. The average molecular weight is 301 g/mol. The molecule has 116 valence electrons. The highest BCUT2D eigenvalue weighted by Gasteiger charge is 2.21. The SMILES string of the molecule is COc1cc(-c2ccc(NC3CC3)nn2)cc(OC)c1OC. The Labute approximate surface area is 129 Å². The zero-order chi connectivity index (χ0) is 15.5. The Bertz CT molecular complexity index is 629. The highest BCUT2D eigenvalue weighted by atomic mass is 16.5. The number of anilines is 1. The monoisotopic (exact) mass is 301 g/mol. The molecule has 0 saturated heterocycles. The normalized spacial score (nSPS) is 13.6. The number of aromatic nitrogens is 2. The molecule has 0 spiro atoms. The molecule has 3 rings (SSSR count). The van der Waals surface area contributed by atoms with Crippen LogP contribution in [0.1, 0.15) is 12.8 Å². The van der Waals surface area contributed by atoms with E-state index in [2.05, 4.69) is 15.5 Å². The van der Waals surface area contributed by atoms with Crippen LogP contribution >= 0.6 is 0 Å². The van der Waals surface area contributed by atoms with E-state index in [9.17, 15) is 0 Å². The molecule has 6 heteroatoms. The molecule has 0 unspecified atom stereocenters. The Kier molecular flexibility index (Phi) is 4.00. The molecule has 0 bridgehead atoms. The minimum absolute atomic E-state index is 0.557. The first-order chi connectivity index (χ1) is 10.7. The standard InChI is InChI=1S/C16H19N3O3/c1-20-13-8-10(9-14(21-2)16(13)22-3)12-6-7-15(19-18-12)17-11-4-5-11/h6-9,11H,4-5H2,1-3H3,(H,17,19). The fourth-order valence-corrected chi connectivity index (χ4v) is 2.23. The topological polar surface area (TPSA) is 65.5 Å². The molecular formula is C16H19N3O3. The van der Waals surface area contributed by atoms with Crippen LogP contribution < -0.4 is 19.5 Å². The van der Waals surface area contributed by atoms with Crippen molar-refractivity contribution in [1.29, 1.82) is 0 Å². The molecule has 1 aromatic carbocycles. The third kappa shape index (κ3) is 2.90. The van der Waals surface area contributed by atoms with Crippen molar-refractivity contribution in [3.8, 4) is 28.5 Å². The van der Waals surface area contributed by atoms with Gasteiger partial charge in [-0.1, -0.05) is 0 Å². The number of benzene rings is 1. The first kappa shape index (κ1) is 14.4. The van der Waals surface area contributed by atoms with Crippen LogP contribution in [0.3, 0.4) is 0 Å². The van der Waals surface area contributed by atoms with E-state index in [0.717, 1.165) is 17.1 Å². The largest absolute Gasteiger partial charge is 0.493 e. The maximum absolute atomic E-state index is 5.36. The zero-order valence-corrected chi connectivity index (χ0v) is 12.9. The van der Waals surface area contributed by atoms with Crippen LogP contribution in [0.2, 0.25) is 0 Å². The van der Waals surface area contributed by atoms with Gasteiger partial charge in [0.25, 0.3) is 0 Å². The summed E-state index contributed by atoms with van der Waals surface area (Å²) in [5, 5.41) is 11.8. The third-order valence-electron chi connectivity index (χ3n) is 3.55. The summed E-state index contributed by atoms with van der Waals surface area (Å²) in [7, 11) is 4.77. The second-order valence-electron chi connectivity index (χ2n) is 5.14. The van der Waals surface area contributed by atoms with Crippen LogP contribution in [0.5, 0.6) is 17.2 Å². The summed E-state index contributed by atoms with van der Waals surface area (Å²) in [6.07, 6.45) is 2.41. The number of nitrogens with zero attached hydrogens (tertiary/aromatic N) is 2. The van der Waals surface area contributed by atoms with Crippen LogP contribution in [-0.4, -0.2) is 37.6 Å². The predicted octanol–water partition coefficient (Wildman–Crippen LogP) is 2.74. The summed E-state index contributed by atoms with van der Waals surface area (Å²) in [4.78, 5) is 0. The van der Waals surface area contributed by atoms with Crippen LogP contribution in [-0.2, 0) is 0 Å². The van der Waals surface area contributed by atoms with E-state index in [4.69, 9.17) is 14.2 Å². The van der Waals surface area contributed by atoms with Crippen LogP contribution in [0.4, 0.5) is 5.82 Å². The van der Waals surface area contributed by atoms with Crippen LogP contribution in [0.25, 0.3) is 11.3 Å². The summed E-state index contributed by atoms with van der Waals surface area (Å²) in [5.41, 5.74) is 1.61. The van der Waals surface area contributed by atoms with Crippen LogP contribution in [0, 0.1) is 0 Å². The van der Waals surface area contributed by atoms with Crippen molar-refractivity contribution in [3.63, 3.8) is 0 Å². The molecule has 0 atom stereocenters. The van der Waals surface area contributed by atoms with Gasteiger partial charge in [0.15, 0.2) is 11.5 Å². The van der Waals surface area contributed by atoms with Gasteiger partial charge in [0, 0.05) is 11.6 Å². The van der Waals surface area contributed by atoms with Gasteiger partial charge in [0.05, 0.1) is 27.0 Å². The van der Waals surface area contributed by atoms with Gasteiger partial charge in [-0.3, -0.25) is 0 Å². The van der Waals surface area contributed by atoms with Gasteiger partial charge in [0.2, 0.25) is 5.75 Å². The molecule has 0 radical (unpaired) electrons. The summed E-state index contributed by atoms with van der Waals surface area (Å²) in [5.74, 6) is 2.56. The van der Waals surface area contributed by atoms with Crippen molar-refractivity contribution in [2.24, 2.45) is 0 Å². The Morgan fingerprint density at radius 3 is 2.09 bits per heavy atom.